The van der Waals surface area contributed by atoms with Crippen LogP contribution in [0.15, 0.2) is 22.7 Å². The quantitative estimate of drug-likeness (QED) is 0.935. The van der Waals surface area contributed by atoms with Gasteiger partial charge >= 0.3 is 0 Å². The fourth-order valence-corrected chi connectivity index (χ4v) is 2.78. The van der Waals surface area contributed by atoms with Crippen LogP contribution in [0.4, 0.5) is 0 Å². The lowest BCUT2D eigenvalue weighted by atomic mass is 9.87. The largest absolute Gasteiger partial charge is 0.497 e. The third kappa shape index (κ3) is 2.90. The molecule has 1 aromatic heterocycles. The van der Waals surface area contributed by atoms with Crippen molar-refractivity contribution < 1.29 is 14.1 Å². The van der Waals surface area contributed by atoms with Crippen molar-refractivity contribution in [2.75, 3.05) is 7.11 Å². The van der Waals surface area contributed by atoms with Crippen LogP contribution in [0.5, 0.6) is 5.75 Å². The van der Waals surface area contributed by atoms with Gasteiger partial charge in [0.15, 0.2) is 11.5 Å². The molecule has 0 aliphatic heterocycles. The van der Waals surface area contributed by atoms with Gasteiger partial charge in [-0.3, -0.25) is 4.79 Å². The van der Waals surface area contributed by atoms with E-state index in [4.69, 9.17) is 9.26 Å². The molecule has 5 nitrogen and oxygen atoms in total. The maximum absolute atomic E-state index is 12.6. The fourth-order valence-electron chi connectivity index (χ4n) is 2.78. The zero-order chi connectivity index (χ0) is 17.5. The highest BCUT2D eigenvalue weighted by Gasteiger charge is 2.30. The minimum atomic E-state index is -0.172. The van der Waals surface area contributed by atoms with Crippen LogP contribution < -0.4 is 10.1 Å². The molecule has 1 aromatic carbocycles. The topological polar surface area (TPSA) is 64.4 Å². The van der Waals surface area contributed by atoms with Gasteiger partial charge in [0.25, 0.3) is 5.91 Å². The molecule has 3 rings (SSSR count). The molecular weight excluding hydrogens is 304 g/mol. The maximum atomic E-state index is 12.6. The first-order valence-electron chi connectivity index (χ1n) is 8.28. The van der Waals surface area contributed by atoms with E-state index in [1.807, 2.05) is 25.1 Å². The van der Waals surface area contributed by atoms with E-state index >= 15 is 0 Å². The molecule has 0 unspecified atom stereocenters. The van der Waals surface area contributed by atoms with Crippen molar-refractivity contribution in [3.63, 3.8) is 0 Å². The van der Waals surface area contributed by atoms with Gasteiger partial charge in [0.2, 0.25) is 0 Å². The molecule has 0 fully saturated rings. The Balaban J connectivity index is 1.92. The number of methoxy groups -OCH3 is 1. The third-order valence-electron chi connectivity index (χ3n) is 4.86. The van der Waals surface area contributed by atoms with Crippen LogP contribution >= 0.6 is 0 Å². The molecule has 1 amide bonds. The van der Waals surface area contributed by atoms with E-state index in [-0.39, 0.29) is 17.4 Å². The lowest BCUT2D eigenvalue weighted by molar-refractivity contribution is 0.0900. The summed E-state index contributed by atoms with van der Waals surface area (Å²) < 4.78 is 10.8. The Morgan fingerprint density at radius 2 is 2.08 bits per heavy atom. The van der Waals surface area contributed by atoms with Gasteiger partial charge in [-0.15, -0.1) is 0 Å². The molecule has 2 aromatic rings. The number of aromatic nitrogens is 1. The van der Waals surface area contributed by atoms with Crippen molar-refractivity contribution in [3.8, 4) is 17.1 Å². The number of carbonyl (C=O) groups excluding carboxylic acids is 1. The summed E-state index contributed by atoms with van der Waals surface area (Å²) in [5.41, 5.74) is 3.42. The molecular formula is C19H24N2O3. The van der Waals surface area contributed by atoms with Gasteiger partial charge in [-0.25, -0.2) is 0 Å². The molecule has 1 aliphatic rings. The SMILES string of the molecule is COc1ccc2c(c1)-c1onc(C(=O)N[C@H](C)C(C)(C)C)c1CC2. The molecule has 1 aliphatic carbocycles. The van der Waals surface area contributed by atoms with Gasteiger partial charge in [0.1, 0.15) is 5.75 Å². The standard InChI is InChI=1S/C19H24N2O3/c1-11(19(2,3)4)20-18(22)16-14-9-7-12-6-8-13(23-5)10-15(12)17(14)24-21-16/h6,8,10-11H,7,9H2,1-5H3,(H,20,22)/t11-/m1/s1. The Labute approximate surface area is 142 Å². The number of hydrogen-bond donors (Lipinski definition) is 1. The second-order valence-electron chi connectivity index (χ2n) is 7.42. The highest BCUT2D eigenvalue weighted by molar-refractivity contribution is 5.95. The number of hydrogen-bond acceptors (Lipinski definition) is 4. The van der Waals surface area contributed by atoms with E-state index in [9.17, 15) is 4.79 Å². The molecule has 0 bridgehead atoms. The molecule has 0 saturated heterocycles. The fraction of sp³-hybridized carbons (Fsp3) is 0.474. The maximum Gasteiger partial charge on any atom is 0.274 e. The van der Waals surface area contributed by atoms with E-state index in [1.165, 1.54) is 5.56 Å². The number of carbonyl (C=O) groups is 1. The Morgan fingerprint density at radius 3 is 2.75 bits per heavy atom. The molecule has 0 spiro atoms. The van der Waals surface area contributed by atoms with Crippen molar-refractivity contribution in [2.45, 2.75) is 46.6 Å². The number of nitrogens with zero attached hydrogens (tertiary/aromatic N) is 1. The van der Waals surface area contributed by atoms with Gasteiger partial charge in [-0.2, -0.15) is 0 Å². The van der Waals surface area contributed by atoms with Gasteiger partial charge in [-0.1, -0.05) is 32.0 Å². The first-order valence-corrected chi connectivity index (χ1v) is 8.28. The predicted molar refractivity (Wildman–Crippen MR) is 92.3 cm³/mol. The van der Waals surface area contributed by atoms with Gasteiger partial charge < -0.3 is 14.6 Å². The zero-order valence-corrected chi connectivity index (χ0v) is 14.9. The lowest BCUT2D eigenvalue weighted by Gasteiger charge is -2.27. The summed E-state index contributed by atoms with van der Waals surface area (Å²) in [6.07, 6.45) is 1.62. The number of amides is 1. The number of aryl methyl sites for hydroxylation is 1. The van der Waals surface area contributed by atoms with Crippen molar-refractivity contribution in [1.82, 2.24) is 10.5 Å². The van der Waals surface area contributed by atoms with E-state index in [1.54, 1.807) is 7.11 Å². The molecule has 128 valence electrons. The smallest absolute Gasteiger partial charge is 0.274 e. The van der Waals surface area contributed by atoms with Crippen LogP contribution in [-0.2, 0) is 12.8 Å². The molecule has 0 radical (unpaired) electrons. The minimum absolute atomic E-state index is 0.0145. The molecule has 0 saturated carbocycles. The van der Waals surface area contributed by atoms with Crippen molar-refractivity contribution in [2.24, 2.45) is 5.41 Å². The van der Waals surface area contributed by atoms with E-state index < -0.39 is 0 Å². The molecule has 5 heteroatoms. The minimum Gasteiger partial charge on any atom is -0.497 e. The molecule has 1 atom stereocenters. The highest BCUT2D eigenvalue weighted by Crippen LogP contribution is 2.37. The second kappa shape index (κ2) is 5.96. The van der Waals surface area contributed by atoms with Crippen molar-refractivity contribution in [1.29, 1.82) is 0 Å². The molecule has 1 N–H and O–H groups in total. The van der Waals surface area contributed by atoms with Crippen LogP contribution in [0.3, 0.4) is 0 Å². The Hall–Kier alpha value is -2.30. The monoisotopic (exact) mass is 328 g/mol. The summed E-state index contributed by atoms with van der Waals surface area (Å²) in [7, 11) is 1.64. The first kappa shape index (κ1) is 16.6. The summed E-state index contributed by atoms with van der Waals surface area (Å²) >= 11 is 0. The average molecular weight is 328 g/mol. The predicted octanol–water partition coefficient (Wildman–Crippen LogP) is 3.61. The molecule has 24 heavy (non-hydrogen) atoms. The summed E-state index contributed by atoms with van der Waals surface area (Å²) in [5, 5.41) is 7.09. The van der Waals surface area contributed by atoms with Crippen LogP contribution in [0.25, 0.3) is 11.3 Å². The van der Waals surface area contributed by atoms with Crippen LogP contribution in [0.2, 0.25) is 0 Å². The number of ether oxygens (including phenoxy) is 1. The Morgan fingerprint density at radius 1 is 1.33 bits per heavy atom. The summed E-state index contributed by atoms with van der Waals surface area (Å²) in [6.45, 7) is 8.29. The summed E-state index contributed by atoms with van der Waals surface area (Å²) in [6, 6.07) is 5.96. The molecule has 1 heterocycles. The number of fused-ring (bicyclic) bond motifs is 3. The van der Waals surface area contributed by atoms with Crippen molar-refractivity contribution >= 4 is 5.91 Å². The normalized spacial score (nSPS) is 14.5. The van der Waals surface area contributed by atoms with E-state index in [2.05, 4.69) is 31.2 Å². The van der Waals surface area contributed by atoms with Crippen LogP contribution in [0.1, 0.15) is 49.3 Å². The van der Waals surface area contributed by atoms with Crippen LogP contribution in [-0.4, -0.2) is 24.2 Å². The average Bonchev–Trinajstić information content (AvgIpc) is 2.97. The second-order valence-corrected chi connectivity index (χ2v) is 7.42. The van der Waals surface area contributed by atoms with E-state index in [0.29, 0.717) is 11.5 Å². The third-order valence-corrected chi connectivity index (χ3v) is 4.86. The highest BCUT2D eigenvalue weighted by atomic mass is 16.5. The summed E-state index contributed by atoms with van der Waals surface area (Å²) in [5.74, 6) is 1.28. The number of nitrogens with one attached hydrogen (secondary N) is 1. The van der Waals surface area contributed by atoms with Gasteiger partial charge in [0.05, 0.1) is 7.11 Å². The Kier molecular flexibility index (Phi) is 4.11. The van der Waals surface area contributed by atoms with Gasteiger partial charge in [-0.05, 0) is 42.9 Å². The zero-order valence-electron chi connectivity index (χ0n) is 14.9. The number of benzene rings is 1. The van der Waals surface area contributed by atoms with Gasteiger partial charge in [0, 0.05) is 17.2 Å². The van der Waals surface area contributed by atoms with Crippen molar-refractivity contribution in [3.05, 3.63) is 35.0 Å². The number of rotatable bonds is 3. The first-order chi connectivity index (χ1) is 11.3. The Bertz CT molecular complexity index is 771. The summed E-state index contributed by atoms with van der Waals surface area (Å²) in [4.78, 5) is 12.6. The van der Waals surface area contributed by atoms with E-state index in [0.717, 1.165) is 29.7 Å². The lowest BCUT2D eigenvalue weighted by Crippen LogP contribution is -2.41. The van der Waals surface area contributed by atoms with Crippen LogP contribution in [0, 0.1) is 5.41 Å².